The predicted octanol–water partition coefficient (Wildman–Crippen LogP) is 2.02. The molecule has 0 aliphatic heterocycles. The normalized spacial score (nSPS) is 32.5. The van der Waals surface area contributed by atoms with Gasteiger partial charge in [0.2, 0.25) is 0 Å². The zero-order valence-corrected chi connectivity index (χ0v) is 11.9. The van der Waals surface area contributed by atoms with Crippen molar-refractivity contribution in [2.24, 2.45) is 11.3 Å². The molecule has 2 saturated carbocycles. The third kappa shape index (κ3) is 3.06. The van der Waals surface area contributed by atoms with Crippen LogP contribution in [0.3, 0.4) is 0 Å². The third-order valence-corrected chi connectivity index (χ3v) is 5.09. The van der Waals surface area contributed by atoms with Gasteiger partial charge in [0.05, 0.1) is 12.7 Å². The van der Waals surface area contributed by atoms with Crippen LogP contribution in [0, 0.1) is 11.3 Å². The highest BCUT2D eigenvalue weighted by Crippen LogP contribution is 2.40. The zero-order chi connectivity index (χ0) is 13.2. The highest BCUT2D eigenvalue weighted by atomic mass is 16.3. The monoisotopic (exact) mass is 255 g/mol. The first-order valence-electron chi connectivity index (χ1n) is 7.57. The van der Waals surface area contributed by atoms with E-state index in [0.717, 1.165) is 25.9 Å². The van der Waals surface area contributed by atoms with E-state index in [4.69, 9.17) is 0 Å². The fraction of sp³-hybridized carbons (Fsp3) is 1.00. The Morgan fingerprint density at radius 2 is 1.89 bits per heavy atom. The SMILES string of the molecule is CC1(C)CCCC(CN(CCO)C2CCC2)C1O. The van der Waals surface area contributed by atoms with Crippen LogP contribution in [-0.2, 0) is 0 Å². The van der Waals surface area contributed by atoms with Crippen molar-refractivity contribution in [3.63, 3.8) is 0 Å². The van der Waals surface area contributed by atoms with E-state index >= 15 is 0 Å². The molecule has 0 aromatic carbocycles. The molecule has 0 bridgehead atoms. The molecule has 18 heavy (non-hydrogen) atoms. The third-order valence-electron chi connectivity index (χ3n) is 5.09. The van der Waals surface area contributed by atoms with Crippen LogP contribution < -0.4 is 0 Å². The molecule has 2 fully saturated rings. The summed E-state index contributed by atoms with van der Waals surface area (Å²) in [5.74, 6) is 0.390. The average Bonchev–Trinajstić information content (AvgIpc) is 2.22. The van der Waals surface area contributed by atoms with E-state index in [2.05, 4.69) is 18.7 Å². The van der Waals surface area contributed by atoms with Crippen molar-refractivity contribution in [1.82, 2.24) is 4.90 Å². The molecule has 2 atom stereocenters. The van der Waals surface area contributed by atoms with Gasteiger partial charge in [-0.3, -0.25) is 4.90 Å². The Morgan fingerprint density at radius 3 is 2.44 bits per heavy atom. The van der Waals surface area contributed by atoms with Gasteiger partial charge in [0.15, 0.2) is 0 Å². The molecule has 3 heteroatoms. The van der Waals surface area contributed by atoms with Gasteiger partial charge in [0.25, 0.3) is 0 Å². The highest BCUT2D eigenvalue weighted by molar-refractivity contribution is 4.91. The van der Waals surface area contributed by atoms with Crippen molar-refractivity contribution in [2.75, 3.05) is 19.7 Å². The average molecular weight is 255 g/mol. The van der Waals surface area contributed by atoms with Crippen molar-refractivity contribution >= 4 is 0 Å². The van der Waals surface area contributed by atoms with Crippen molar-refractivity contribution in [3.05, 3.63) is 0 Å². The molecule has 2 rings (SSSR count). The summed E-state index contributed by atoms with van der Waals surface area (Å²) in [4.78, 5) is 2.42. The van der Waals surface area contributed by atoms with Gasteiger partial charge in [0.1, 0.15) is 0 Å². The summed E-state index contributed by atoms with van der Waals surface area (Å²) in [6.45, 7) is 6.35. The molecular formula is C15H29NO2. The highest BCUT2D eigenvalue weighted by Gasteiger charge is 2.39. The van der Waals surface area contributed by atoms with E-state index < -0.39 is 0 Å². The molecule has 2 aliphatic rings. The molecule has 0 radical (unpaired) electrons. The summed E-state index contributed by atoms with van der Waals surface area (Å²) < 4.78 is 0. The molecule has 0 spiro atoms. The first kappa shape index (κ1) is 14.3. The van der Waals surface area contributed by atoms with Crippen LogP contribution in [0.2, 0.25) is 0 Å². The second-order valence-corrected chi connectivity index (χ2v) is 6.89. The van der Waals surface area contributed by atoms with Crippen LogP contribution in [0.25, 0.3) is 0 Å². The van der Waals surface area contributed by atoms with Crippen LogP contribution in [-0.4, -0.2) is 47.0 Å². The van der Waals surface area contributed by atoms with Crippen LogP contribution in [0.1, 0.15) is 52.4 Å². The Labute approximate surface area is 111 Å². The minimum absolute atomic E-state index is 0.0629. The Hall–Kier alpha value is -0.120. The number of rotatable bonds is 5. The molecule has 0 aromatic rings. The largest absolute Gasteiger partial charge is 0.395 e. The van der Waals surface area contributed by atoms with E-state index in [0.29, 0.717) is 12.0 Å². The first-order chi connectivity index (χ1) is 8.54. The fourth-order valence-electron chi connectivity index (χ4n) is 3.56. The molecule has 0 amide bonds. The van der Waals surface area contributed by atoms with Crippen molar-refractivity contribution in [2.45, 2.75) is 64.5 Å². The zero-order valence-electron chi connectivity index (χ0n) is 11.9. The predicted molar refractivity (Wildman–Crippen MR) is 73.4 cm³/mol. The maximum Gasteiger partial charge on any atom is 0.0631 e. The van der Waals surface area contributed by atoms with E-state index in [1.807, 2.05) is 0 Å². The van der Waals surface area contributed by atoms with Gasteiger partial charge in [0, 0.05) is 19.1 Å². The molecule has 0 aromatic heterocycles. The molecular weight excluding hydrogens is 226 g/mol. The minimum atomic E-state index is -0.187. The lowest BCUT2D eigenvalue weighted by molar-refractivity contribution is -0.0522. The topological polar surface area (TPSA) is 43.7 Å². The first-order valence-corrected chi connectivity index (χ1v) is 7.57. The maximum absolute atomic E-state index is 10.5. The number of aliphatic hydroxyl groups excluding tert-OH is 2. The Morgan fingerprint density at radius 1 is 1.17 bits per heavy atom. The molecule has 106 valence electrons. The second-order valence-electron chi connectivity index (χ2n) is 6.89. The maximum atomic E-state index is 10.5. The van der Waals surface area contributed by atoms with Gasteiger partial charge in [-0.15, -0.1) is 0 Å². The fourth-order valence-corrected chi connectivity index (χ4v) is 3.56. The lowest BCUT2D eigenvalue weighted by Gasteiger charge is -2.45. The van der Waals surface area contributed by atoms with Crippen molar-refractivity contribution in [1.29, 1.82) is 0 Å². The molecule has 3 nitrogen and oxygen atoms in total. The van der Waals surface area contributed by atoms with E-state index in [1.165, 1.54) is 25.7 Å². The quantitative estimate of drug-likeness (QED) is 0.790. The van der Waals surface area contributed by atoms with Crippen LogP contribution >= 0.6 is 0 Å². The molecule has 0 heterocycles. The molecule has 0 saturated heterocycles. The standard InChI is InChI=1S/C15H29NO2/c1-15(2)8-4-5-12(14(15)18)11-16(9-10-17)13-6-3-7-13/h12-14,17-18H,3-11H2,1-2H3. The Balaban J connectivity index is 1.92. The molecule has 2 N–H and O–H groups in total. The lowest BCUT2D eigenvalue weighted by atomic mass is 9.69. The summed E-state index contributed by atoms with van der Waals surface area (Å²) in [5, 5.41) is 19.7. The van der Waals surface area contributed by atoms with Crippen molar-refractivity contribution in [3.8, 4) is 0 Å². The summed E-state index contributed by atoms with van der Waals surface area (Å²) in [5.41, 5.74) is 0.0629. The number of hydrogen-bond acceptors (Lipinski definition) is 3. The Bertz CT molecular complexity index is 263. The van der Waals surface area contributed by atoms with E-state index in [-0.39, 0.29) is 18.1 Å². The van der Waals surface area contributed by atoms with Gasteiger partial charge >= 0.3 is 0 Å². The van der Waals surface area contributed by atoms with Crippen LogP contribution in [0.5, 0.6) is 0 Å². The van der Waals surface area contributed by atoms with Gasteiger partial charge < -0.3 is 10.2 Å². The number of aliphatic hydroxyl groups is 2. The van der Waals surface area contributed by atoms with Crippen LogP contribution in [0.4, 0.5) is 0 Å². The summed E-state index contributed by atoms with van der Waals surface area (Å²) >= 11 is 0. The number of hydrogen-bond donors (Lipinski definition) is 2. The van der Waals surface area contributed by atoms with Gasteiger partial charge in [-0.2, -0.15) is 0 Å². The van der Waals surface area contributed by atoms with E-state index in [9.17, 15) is 10.2 Å². The molecule has 2 unspecified atom stereocenters. The smallest absolute Gasteiger partial charge is 0.0631 e. The lowest BCUT2D eigenvalue weighted by Crippen LogP contribution is -2.49. The van der Waals surface area contributed by atoms with Crippen molar-refractivity contribution < 1.29 is 10.2 Å². The second kappa shape index (κ2) is 5.89. The summed E-state index contributed by atoms with van der Waals surface area (Å²) in [6.07, 6.45) is 7.18. The van der Waals surface area contributed by atoms with Crippen LogP contribution in [0.15, 0.2) is 0 Å². The Kier molecular flexibility index (Phi) is 4.68. The van der Waals surface area contributed by atoms with Gasteiger partial charge in [-0.25, -0.2) is 0 Å². The van der Waals surface area contributed by atoms with Gasteiger partial charge in [-0.1, -0.05) is 26.7 Å². The summed E-state index contributed by atoms with van der Waals surface area (Å²) in [7, 11) is 0. The summed E-state index contributed by atoms with van der Waals surface area (Å²) in [6, 6.07) is 0.661. The van der Waals surface area contributed by atoms with Gasteiger partial charge in [-0.05, 0) is 37.0 Å². The molecule has 2 aliphatic carbocycles. The minimum Gasteiger partial charge on any atom is -0.395 e. The van der Waals surface area contributed by atoms with E-state index in [1.54, 1.807) is 0 Å². The number of nitrogens with zero attached hydrogens (tertiary/aromatic N) is 1.